The molecular weight excluding hydrogens is 124 g/mol. The molecule has 1 rings (SSSR count). The molecule has 0 spiro atoms. The molecule has 0 amide bonds. The zero-order valence-electron chi connectivity index (χ0n) is 4.57. The molecule has 0 aromatic heterocycles. The second-order valence-corrected chi connectivity index (χ2v) is 2.00. The van der Waals surface area contributed by atoms with E-state index >= 15 is 0 Å². The van der Waals surface area contributed by atoms with Crippen molar-refractivity contribution < 1.29 is 19.8 Å². The van der Waals surface area contributed by atoms with E-state index in [0.717, 1.165) is 0 Å². The van der Waals surface area contributed by atoms with E-state index in [0.29, 0.717) is 0 Å². The van der Waals surface area contributed by atoms with Gasteiger partial charge in [-0.3, -0.25) is 9.59 Å². The summed E-state index contributed by atoms with van der Waals surface area (Å²) >= 11 is 0. The van der Waals surface area contributed by atoms with Crippen molar-refractivity contribution in [2.45, 2.75) is 18.6 Å². The summed E-state index contributed by atoms with van der Waals surface area (Å²) in [5.74, 6) is -1.18. The lowest BCUT2D eigenvalue weighted by atomic mass is 10.2. The third-order valence-corrected chi connectivity index (χ3v) is 1.31. The van der Waals surface area contributed by atoms with Crippen LogP contribution in [0.2, 0.25) is 0 Å². The minimum atomic E-state index is -1.47. The molecule has 2 unspecified atom stereocenters. The summed E-state index contributed by atoms with van der Waals surface area (Å²) in [5.41, 5.74) is 0. The Balaban J connectivity index is 2.77. The van der Waals surface area contributed by atoms with Gasteiger partial charge < -0.3 is 10.2 Å². The maximum absolute atomic E-state index is 10.4. The average Bonchev–Trinajstić information content (AvgIpc) is 1.98. The summed E-state index contributed by atoms with van der Waals surface area (Å²) in [4.78, 5) is 20.7. The van der Waals surface area contributed by atoms with Crippen molar-refractivity contribution in [2.24, 2.45) is 0 Å². The number of aliphatic hydroxyl groups is 2. The molecule has 0 aromatic rings. The quantitative estimate of drug-likeness (QED) is 0.381. The second kappa shape index (κ2) is 1.89. The molecule has 1 aliphatic rings. The topological polar surface area (TPSA) is 74.6 Å². The van der Waals surface area contributed by atoms with Gasteiger partial charge in [-0.15, -0.1) is 0 Å². The minimum absolute atomic E-state index is 0.331. The number of carbonyl (C=O) groups is 2. The lowest BCUT2D eigenvalue weighted by Gasteiger charge is -2.00. The molecule has 0 saturated heterocycles. The molecule has 0 aromatic carbocycles. The van der Waals surface area contributed by atoms with E-state index in [1.807, 2.05) is 0 Å². The third kappa shape index (κ3) is 0.863. The fourth-order valence-corrected chi connectivity index (χ4v) is 0.733. The highest BCUT2D eigenvalue weighted by Gasteiger charge is 2.38. The van der Waals surface area contributed by atoms with Crippen molar-refractivity contribution in [2.75, 3.05) is 0 Å². The summed E-state index contributed by atoms with van der Waals surface area (Å²) in [6, 6.07) is 0. The fourth-order valence-electron chi connectivity index (χ4n) is 0.733. The molecule has 0 radical (unpaired) electrons. The van der Waals surface area contributed by atoms with E-state index in [1.54, 1.807) is 0 Å². The molecule has 2 atom stereocenters. The predicted octanol–water partition coefficient (Wildman–Crippen LogP) is -1.75. The van der Waals surface area contributed by atoms with Gasteiger partial charge in [0, 0.05) is 0 Å². The maximum Gasteiger partial charge on any atom is 0.171 e. The monoisotopic (exact) mass is 130 g/mol. The van der Waals surface area contributed by atoms with Crippen LogP contribution in [-0.4, -0.2) is 34.0 Å². The van der Waals surface area contributed by atoms with Gasteiger partial charge in [0.25, 0.3) is 0 Å². The van der Waals surface area contributed by atoms with E-state index in [2.05, 4.69) is 0 Å². The Morgan fingerprint density at radius 2 is 1.44 bits per heavy atom. The summed E-state index contributed by atoms with van der Waals surface area (Å²) in [7, 11) is 0. The molecule has 1 aliphatic carbocycles. The van der Waals surface area contributed by atoms with Crippen molar-refractivity contribution in [3.8, 4) is 0 Å². The first kappa shape index (κ1) is 6.38. The van der Waals surface area contributed by atoms with Crippen molar-refractivity contribution in [3.05, 3.63) is 0 Å². The highest BCUT2D eigenvalue weighted by molar-refractivity contribution is 6.11. The first-order valence-electron chi connectivity index (χ1n) is 2.54. The van der Waals surface area contributed by atoms with E-state index in [9.17, 15) is 9.59 Å². The van der Waals surface area contributed by atoms with Gasteiger partial charge in [-0.2, -0.15) is 0 Å². The molecule has 4 nitrogen and oxygen atoms in total. The van der Waals surface area contributed by atoms with Crippen LogP contribution in [0.3, 0.4) is 0 Å². The van der Waals surface area contributed by atoms with Crippen LogP contribution in [0.1, 0.15) is 6.42 Å². The van der Waals surface area contributed by atoms with Crippen LogP contribution >= 0.6 is 0 Å². The van der Waals surface area contributed by atoms with Gasteiger partial charge in [0.15, 0.2) is 11.6 Å². The smallest absolute Gasteiger partial charge is 0.171 e. The molecule has 2 N–H and O–H groups in total. The number of ketones is 2. The van der Waals surface area contributed by atoms with Gasteiger partial charge in [0.2, 0.25) is 0 Å². The third-order valence-electron chi connectivity index (χ3n) is 1.31. The molecule has 0 aliphatic heterocycles. The Hall–Kier alpha value is -0.740. The normalized spacial score (nSPS) is 35.8. The molecule has 50 valence electrons. The van der Waals surface area contributed by atoms with Crippen molar-refractivity contribution in [3.63, 3.8) is 0 Å². The number of hydrogen-bond donors (Lipinski definition) is 2. The van der Waals surface area contributed by atoms with Gasteiger partial charge >= 0.3 is 0 Å². The highest BCUT2D eigenvalue weighted by atomic mass is 16.3. The molecule has 0 heterocycles. The van der Waals surface area contributed by atoms with E-state index in [-0.39, 0.29) is 6.42 Å². The largest absolute Gasteiger partial charge is 0.382 e. The van der Waals surface area contributed by atoms with Crippen LogP contribution in [-0.2, 0) is 9.59 Å². The number of Topliss-reactive ketones (excluding diaryl/α,β-unsaturated/α-hetero) is 2. The zero-order chi connectivity index (χ0) is 7.02. The number of hydrogen-bond acceptors (Lipinski definition) is 4. The first-order valence-corrected chi connectivity index (χ1v) is 2.54. The number of carbonyl (C=O) groups excluding carboxylic acids is 2. The molecule has 9 heavy (non-hydrogen) atoms. The Morgan fingerprint density at radius 3 is 1.56 bits per heavy atom. The molecule has 1 fully saturated rings. The SMILES string of the molecule is O=C1CC(=O)C(O)C1O. The second-order valence-electron chi connectivity index (χ2n) is 2.00. The average molecular weight is 130 g/mol. The summed E-state index contributed by atoms with van der Waals surface area (Å²) in [6.07, 6.45) is -3.28. The highest BCUT2D eigenvalue weighted by Crippen LogP contribution is 2.10. The van der Waals surface area contributed by atoms with Crippen molar-refractivity contribution in [1.29, 1.82) is 0 Å². The van der Waals surface area contributed by atoms with E-state index < -0.39 is 23.8 Å². The van der Waals surface area contributed by atoms with Crippen LogP contribution in [0.15, 0.2) is 0 Å². The van der Waals surface area contributed by atoms with Crippen LogP contribution in [0.5, 0.6) is 0 Å². The van der Waals surface area contributed by atoms with Crippen LogP contribution in [0.4, 0.5) is 0 Å². The molecule has 1 saturated carbocycles. The number of rotatable bonds is 0. The Morgan fingerprint density at radius 1 is 1.11 bits per heavy atom. The van der Waals surface area contributed by atoms with Crippen LogP contribution in [0.25, 0.3) is 0 Å². The Kier molecular flexibility index (Phi) is 1.34. The number of aliphatic hydroxyl groups excluding tert-OH is 2. The van der Waals surface area contributed by atoms with Gasteiger partial charge in [-0.05, 0) is 0 Å². The van der Waals surface area contributed by atoms with Crippen molar-refractivity contribution >= 4 is 11.6 Å². The summed E-state index contributed by atoms with van der Waals surface area (Å²) in [6.45, 7) is 0. The molecular formula is C5H6O4. The first-order chi connectivity index (χ1) is 4.13. The van der Waals surface area contributed by atoms with E-state index in [1.165, 1.54) is 0 Å². The Labute approximate surface area is 51.1 Å². The van der Waals surface area contributed by atoms with Gasteiger partial charge in [-0.1, -0.05) is 0 Å². The van der Waals surface area contributed by atoms with Gasteiger partial charge in [0.05, 0.1) is 6.42 Å². The summed E-state index contributed by atoms with van der Waals surface area (Å²) in [5, 5.41) is 17.2. The molecule has 0 bridgehead atoms. The standard InChI is InChI=1S/C5H6O4/c6-2-1-3(7)5(9)4(2)8/h4-5,8-9H,1H2. The fraction of sp³-hybridized carbons (Fsp3) is 0.600. The van der Waals surface area contributed by atoms with E-state index in [4.69, 9.17) is 10.2 Å². The Bertz CT molecular complexity index is 144. The molecule has 4 heteroatoms. The lowest BCUT2D eigenvalue weighted by molar-refractivity contribution is -0.129. The van der Waals surface area contributed by atoms with Crippen LogP contribution < -0.4 is 0 Å². The summed E-state index contributed by atoms with van der Waals surface area (Å²) < 4.78 is 0. The predicted molar refractivity (Wildman–Crippen MR) is 26.6 cm³/mol. The van der Waals surface area contributed by atoms with Gasteiger partial charge in [0.1, 0.15) is 12.2 Å². The minimum Gasteiger partial charge on any atom is -0.382 e. The van der Waals surface area contributed by atoms with Gasteiger partial charge in [-0.25, -0.2) is 0 Å². The van der Waals surface area contributed by atoms with Crippen molar-refractivity contribution in [1.82, 2.24) is 0 Å². The van der Waals surface area contributed by atoms with Crippen LogP contribution in [0, 0.1) is 0 Å². The zero-order valence-corrected chi connectivity index (χ0v) is 4.57. The maximum atomic E-state index is 10.4. The lowest BCUT2D eigenvalue weighted by Crippen LogP contribution is -2.27.